The van der Waals surface area contributed by atoms with Gasteiger partial charge in [0.25, 0.3) is 0 Å². The molecule has 2 aliphatic heterocycles. The van der Waals surface area contributed by atoms with E-state index in [1.165, 1.54) is 101 Å². The lowest BCUT2D eigenvalue weighted by atomic mass is 9.71. The number of aryl methyl sites for hydroxylation is 1. The molecule has 0 saturated heterocycles. The molecule has 1 unspecified atom stereocenters. The molecular formula is C60H68N2. The van der Waals surface area contributed by atoms with E-state index in [-0.39, 0.29) is 38.4 Å². The zero-order chi connectivity index (χ0) is 44.3. The van der Waals surface area contributed by atoms with Gasteiger partial charge in [0, 0.05) is 22.9 Å². The first-order valence-corrected chi connectivity index (χ1v) is 23.3. The molecule has 2 nitrogen and oxygen atoms in total. The molecule has 0 spiro atoms. The minimum atomic E-state index is -0.0962. The molecule has 0 bridgehead atoms. The van der Waals surface area contributed by atoms with Gasteiger partial charge in [-0.25, -0.2) is 0 Å². The van der Waals surface area contributed by atoms with E-state index in [2.05, 4.69) is 223 Å². The molecule has 0 aromatic heterocycles. The highest BCUT2D eigenvalue weighted by Gasteiger charge is 2.48. The fraction of sp³-hybridized carbons (Fsp3) is 0.400. The topological polar surface area (TPSA) is 6.48 Å². The summed E-state index contributed by atoms with van der Waals surface area (Å²) in [7, 11) is 0. The largest absolute Gasteiger partial charge is 0.310 e. The Labute approximate surface area is 373 Å². The summed E-state index contributed by atoms with van der Waals surface area (Å²) in [6.07, 6.45) is 2.28. The van der Waals surface area contributed by atoms with E-state index < -0.39 is 0 Å². The van der Waals surface area contributed by atoms with Crippen LogP contribution in [-0.4, -0.2) is 0 Å². The number of hydrogen-bond donors (Lipinski definition) is 0. The van der Waals surface area contributed by atoms with Crippen LogP contribution in [0.5, 0.6) is 0 Å². The first-order valence-electron chi connectivity index (χ1n) is 23.3. The lowest BCUT2D eigenvalue weighted by Gasteiger charge is -2.47. The van der Waals surface area contributed by atoms with Crippen molar-refractivity contribution in [3.63, 3.8) is 0 Å². The number of rotatable bonds is 3. The zero-order valence-electron chi connectivity index (χ0n) is 40.3. The van der Waals surface area contributed by atoms with Gasteiger partial charge >= 0.3 is 0 Å². The minimum absolute atomic E-state index is 0.0199. The SMILES string of the molecule is Cc1ccc(-c2ccccc2)cc1N1c2cc(C(C)(C)C)ccc2C2c3cc4c(cc3N(c3ccc5c(c3)C(C)(C)CC5(C)C)c3cc(C(C)(C)C)cc1c32)C(C)(C)CC4(C)C. The van der Waals surface area contributed by atoms with Crippen LogP contribution in [-0.2, 0) is 32.5 Å². The van der Waals surface area contributed by atoms with Gasteiger partial charge in [-0.2, -0.15) is 0 Å². The van der Waals surface area contributed by atoms with Gasteiger partial charge in [-0.05, 0) is 156 Å². The monoisotopic (exact) mass is 817 g/mol. The Hall–Kier alpha value is -5.08. The van der Waals surface area contributed by atoms with Gasteiger partial charge in [0.2, 0.25) is 0 Å². The summed E-state index contributed by atoms with van der Waals surface area (Å²) in [5.41, 5.74) is 24.6. The van der Waals surface area contributed by atoms with Crippen molar-refractivity contribution < 1.29 is 0 Å². The van der Waals surface area contributed by atoms with Crippen molar-refractivity contribution in [3.8, 4) is 11.1 Å². The fourth-order valence-corrected chi connectivity index (χ4v) is 12.7. The first kappa shape index (κ1) is 41.0. The Morgan fingerprint density at radius 2 is 0.984 bits per heavy atom. The van der Waals surface area contributed by atoms with Crippen molar-refractivity contribution in [3.05, 3.63) is 165 Å². The highest BCUT2D eigenvalue weighted by molar-refractivity contribution is 5.98. The molecule has 318 valence electrons. The lowest BCUT2D eigenvalue weighted by Crippen LogP contribution is -2.31. The summed E-state index contributed by atoms with van der Waals surface area (Å²) >= 11 is 0. The standard InChI is InChI=1S/C60H68N2/c1-36-21-22-38(37-19-17-16-18-20-37)27-48(36)62-49-28-39(55(2,3)4)23-25-42(49)53-43-32-46-47(60(14,15)35-59(46,12)13)33-50(43)61(51-29-40(56(5,6)7)30-52(62)54(51)53)41-24-26-44-45(31-41)58(10,11)34-57(44,8)9/h16-33,53H,34-35H2,1-15H3. The second-order valence-corrected chi connectivity index (χ2v) is 24.2. The van der Waals surface area contributed by atoms with Crippen molar-refractivity contribution in [2.45, 2.75) is 155 Å². The molecule has 4 aliphatic rings. The third-order valence-corrected chi connectivity index (χ3v) is 15.4. The van der Waals surface area contributed by atoms with Crippen LogP contribution in [0.2, 0.25) is 0 Å². The van der Waals surface area contributed by atoms with Crippen molar-refractivity contribution in [1.82, 2.24) is 0 Å². The molecule has 6 aromatic carbocycles. The molecule has 1 atom stereocenters. The van der Waals surface area contributed by atoms with Crippen molar-refractivity contribution in [2.75, 3.05) is 9.80 Å². The Morgan fingerprint density at radius 1 is 0.435 bits per heavy atom. The fourth-order valence-electron chi connectivity index (χ4n) is 12.7. The van der Waals surface area contributed by atoms with Crippen LogP contribution in [0.15, 0.2) is 109 Å². The van der Waals surface area contributed by atoms with E-state index in [1.54, 1.807) is 0 Å². The average molecular weight is 817 g/mol. The molecule has 2 aliphatic carbocycles. The molecular weight excluding hydrogens is 749 g/mol. The summed E-state index contributed by atoms with van der Waals surface area (Å²) in [4.78, 5) is 5.36. The maximum Gasteiger partial charge on any atom is 0.0527 e. The van der Waals surface area contributed by atoms with E-state index >= 15 is 0 Å². The van der Waals surface area contributed by atoms with Crippen molar-refractivity contribution in [2.24, 2.45) is 0 Å². The Morgan fingerprint density at radius 3 is 1.61 bits per heavy atom. The van der Waals surface area contributed by atoms with Gasteiger partial charge in [0.05, 0.1) is 22.7 Å². The quantitative estimate of drug-likeness (QED) is 0.175. The molecule has 0 saturated carbocycles. The number of nitrogens with zero attached hydrogens (tertiary/aromatic N) is 2. The van der Waals surface area contributed by atoms with Crippen molar-refractivity contribution in [1.29, 1.82) is 0 Å². The normalized spacial score (nSPS) is 19.7. The van der Waals surface area contributed by atoms with Crippen LogP contribution in [0.1, 0.15) is 171 Å². The molecule has 10 rings (SSSR count). The third kappa shape index (κ3) is 6.09. The van der Waals surface area contributed by atoms with E-state index in [4.69, 9.17) is 0 Å². The Bertz CT molecular complexity index is 2830. The molecule has 0 radical (unpaired) electrons. The van der Waals surface area contributed by atoms with E-state index in [9.17, 15) is 0 Å². The Balaban J connectivity index is 1.35. The number of benzene rings is 6. The minimum Gasteiger partial charge on any atom is -0.310 e. The van der Waals surface area contributed by atoms with Crippen LogP contribution < -0.4 is 9.80 Å². The number of fused-ring (bicyclic) bond motifs is 6. The van der Waals surface area contributed by atoms with E-state index in [0.717, 1.165) is 12.8 Å². The van der Waals surface area contributed by atoms with Crippen LogP contribution >= 0.6 is 0 Å². The van der Waals surface area contributed by atoms with Gasteiger partial charge < -0.3 is 9.80 Å². The molecule has 6 aromatic rings. The van der Waals surface area contributed by atoms with Crippen molar-refractivity contribution >= 4 is 34.1 Å². The van der Waals surface area contributed by atoms with Gasteiger partial charge in [0.1, 0.15) is 0 Å². The molecule has 62 heavy (non-hydrogen) atoms. The Kier molecular flexibility index (Phi) is 8.59. The second kappa shape index (κ2) is 13.0. The average Bonchev–Trinajstić information content (AvgIpc) is 3.50. The maximum atomic E-state index is 2.70. The van der Waals surface area contributed by atoms with Gasteiger partial charge in [-0.1, -0.05) is 164 Å². The zero-order valence-corrected chi connectivity index (χ0v) is 40.3. The van der Waals surface area contributed by atoms with Crippen LogP contribution in [0.3, 0.4) is 0 Å². The summed E-state index contributed by atoms with van der Waals surface area (Å²) in [6.45, 7) is 36.2. The van der Waals surface area contributed by atoms with Gasteiger partial charge in [-0.3, -0.25) is 0 Å². The van der Waals surface area contributed by atoms with Crippen LogP contribution in [0, 0.1) is 6.92 Å². The molecule has 0 fully saturated rings. The molecule has 0 amide bonds. The molecule has 0 N–H and O–H groups in total. The summed E-state index contributed by atoms with van der Waals surface area (Å²) in [6, 6.07) is 43.4. The van der Waals surface area contributed by atoms with Gasteiger partial charge in [0.15, 0.2) is 0 Å². The van der Waals surface area contributed by atoms with Gasteiger partial charge in [-0.15, -0.1) is 0 Å². The van der Waals surface area contributed by atoms with E-state index in [0.29, 0.717) is 0 Å². The number of anilines is 6. The predicted octanol–water partition coefficient (Wildman–Crippen LogP) is 16.9. The maximum absolute atomic E-state index is 2.70. The highest BCUT2D eigenvalue weighted by Crippen LogP contribution is 2.64. The second-order valence-electron chi connectivity index (χ2n) is 24.2. The first-order chi connectivity index (χ1) is 28.9. The highest BCUT2D eigenvalue weighted by atomic mass is 15.2. The predicted molar refractivity (Wildman–Crippen MR) is 266 cm³/mol. The third-order valence-electron chi connectivity index (χ3n) is 15.4. The molecule has 2 heteroatoms. The van der Waals surface area contributed by atoms with Crippen LogP contribution in [0.4, 0.5) is 34.1 Å². The number of hydrogen-bond acceptors (Lipinski definition) is 2. The lowest BCUT2D eigenvalue weighted by molar-refractivity contribution is 0.402. The molecule has 2 heterocycles. The van der Waals surface area contributed by atoms with E-state index in [1.807, 2.05) is 0 Å². The van der Waals surface area contributed by atoms with Crippen LogP contribution in [0.25, 0.3) is 11.1 Å². The summed E-state index contributed by atoms with van der Waals surface area (Å²) < 4.78 is 0. The summed E-state index contributed by atoms with van der Waals surface area (Å²) in [5, 5.41) is 0. The summed E-state index contributed by atoms with van der Waals surface area (Å²) in [5.74, 6) is 0.0627. The smallest absolute Gasteiger partial charge is 0.0527 e.